The second kappa shape index (κ2) is 7.87. The van der Waals surface area contributed by atoms with E-state index < -0.39 is 0 Å². The van der Waals surface area contributed by atoms with Crippen LogP contribution in [0, 0.1) is 0 Å². The van der Waals surface area contributed by atoms with E-state index in [2.05, 4.69) is 10.1 Å². The lowest BCUT2D eigenvalue weighted by Crippen LogP contribution is -2.15. The van der Waals surface area contributed by atoms with Crippen molar-refractivity contribution in [2.24, 2.45) is 0 Å². The van der Waals surface area contributed by atoms with Crippen LogP contribution in [0.4, 0.5) is 0 Å². The topological polar surface area (TPSA) is 57.0 Å². The third-order valence-corrected chi connectivity index (χ3v) is 2.87. The molecule has 0 aliphatic carbocycles. The minimum absolute atomic E-state index is 0. The summed E-state index contributed by atoms with van der Waals surface area (Å²) in [5, 5.41) is 4.12. The summed E-state index contributed by atoms with van der Waals surface area (Å²) in [5.41, 5.74) is 2.39. The lowest BCUT2D eigenvalue weighted by Gasteiger charge is -2.09. The van der Waals surface area contributed by atoms with Gasteiger partial charge in [0.05, 0.1) is 18.0 Å². The van der Waals surface area contributed by atoms with Crippen LogP contribution in [0.3, 0.4) is 0 Å². The molecule has 5 nitrogen and oxygen atoms in total. The van der Waals surface area contributed by atoms with Gasteiger partial charge in [-0.15, -0.1) is 24.0 Å². The smallest absolute Gasteiger partial charge is 0.327 e. The largest absolute Gasteiger partial charge is 0.465 e. The molecule has 0 amide bonds. The van der Waals surface area contributed by atoms with Gasteiger partial charge >= 0.3 is 5.97 Å². The van der Waals surface area contributed by atoms with Crippen LogP contribution in [0.15, 0.2) is 30.6 Å². The van der Waals surface area contributed by atoms with Crippen molar-refractivity contribution in [1.82, 2.24) is 14.8 Å². The van der Waals surface area contributed by atoms with E-state index in [1.54, 1.807) is 30.1 Å². The van der Waals surface area contributed by atoms with E-state index in [1.165, 1.54) is 0 Å². The van der Waals surface area contributed by atoms with E-state index in [4.69, 9.17) is 16.3 Å². The highest BCUT2D eigenvalue weighted by Crippen LogP contribution is 2.22. The number of ether oxygens (including phenoxy) is 1. The molecule has 0 saturated carbocycles. The molecule has 0 aliphatic rings. The third kappa shape index (κ3) is 3.71. The first-order valence-electron chi connectivity index (χ1n) is 5.94. The zero-order valence-electron chi connectivity index (χ0n) is 11.0. The third-order valence-electron chi connectivity index (χ3n) is 2.58. The van der Waals surface area contributed by atoms with Crippen LogP contribution >= 0.6 is 24.0 Å². The average Bonchev–Trinajstić information content (AvgIpc) is 2.86. The number of alkyl halides is 1. The van der Waals surface area contributed by atoms with Crippen molar-refractivity contribution in [3.05, 3.63) is 36.2 Å². The summed E-state index contributed by atoms with van der Waals surface area (Å²) < 4.78 is 6.48. The molecule has 7 heteroatoms. The second-order valence-electron chi connectivity index (χ2n) is 3.82. The first-order valence-corrected chi connectivity index (χ1v) is 6.47. The van der Waals surface area contributed by atoms with Crippen molar-refractivity contribution >= 4 is 30.0 Å². The summed E-state index contributed by atoms with van der Waals surface area (Å²) in [6.07, 6.45) is 3.31. The Hall–Kier alpha value is -1.59. The summed E-state index contributed by atoms with van der Waals surface area (Å²) in [7, 11) is 0. The molecule has 0 aliphatic heterocycles. The fraction of sp³-hybridized carbons (Fsp3) is 0.308. The molecule has 0 atom stereocenters. The molecule has 2 aromatic rings. The summed E-state index contributed by atoms with van der Waals surface area (Å²) in [4.78, 5) is 15.8. The maximum Gasteiger partial charge on any atom is 0.327 e. The molecular formula is C13H15Cl2N3O2. The quantitative estimate of drug-likeness (QED) is 0.628. The molecule has 108 valence electrons. The van der Waals surface area contributed by atoms with Gasteiger partial charge in [0.1, 0.15) is 6.54 Å². The van der Waals surface area contributed by atoms with Crippen molar-refractivity contribution in [2.75, 3.05) is 6.61 Å². The molecule has 0 bridgehead atoms. The Morgan fingerprint density at radius 1 is 1.40 bits per heavy atom. The number of carbonyl (C=O) groups excluding carboxylic acids is 1. The minimum atomic E-state index is -0.323. The zero-order chi connectivity index (χ0) is 13.7. The highest BCUT2D eigenvalue weighted by atomic mass is 35.5. The van der Waals surface area contributed by atoms with Gasteiger partial charge in [0.2, 0.25) is 0 Å². The van der Waals surface area contributed by atoms with E-state index in [1.807, 2.05) is 12.1 Å². The van der Waals surface area contributed by atoms with Gasteiger partial charge in [-0.2, -0.15) is 5.10 Å². The summed E-state index contributed by atoms with van der Waals surface area (Å²) >= 11 is 5.90. The monoisotopic (exact) mass is 315 g/mol. The molecule has 20 heavy (non-hydrogen) atoms. The van der Waals surface area contributed by atoms with Crippen molar-refractivity contribution < 1.29 is 9.53 Å². The van der Waals surface area contributed by atoms with E-state index in [9.17, 15) is 4.79 Å². The standard InChI is InChI=1S/C13H14ClN3O2.ClH/c1-2-19-12(18)9-17-11(5-7-16-17)13-10(8-14)4-3-6-15-13;/h3-7H,2,8-9H2,1H3;1H. The number of halogens is 2. The van der Waals surface area contributed by atoms with Crippen LogP contribution in [-0.4, -0.2) is 27.3 Å². The van der Waals surface area contributed by atoms with Gasteiger partial charge in [-0.3, -0.25) is 14.5 Å². The van der Waals surface area contributed by atoms with E-state index in [0.717, 1.165) is 17.0 Å². The molecule has 0 saturated heterocycles. The molecule has 2 aromatic heterocycles. The fourth-order valence-corrected chi connectivity index (χ4v) is 1.98. The van der Waals surface area contributed by atoms with Crippen molar-refractivity contribution in [2.45, 2.75) is 19.3 Å². The van der Waals surface area contributed by atoms with E-state index in [0.29, 0.717) is 12.5 Å². The maximum atomic E-state index is 11.5. The first-order chi connectivity index (χ1) is 9.26. The van der Waals surface area contributed by atoms with Gasteiger partial charge < -0.3 is 4.74 Å². The van der Waals surface area contributed by atoms with Crippen LogP contribution < -0.4 is 0 Å². The number of rotatable bonds is 5. The van der Waals surface area contributed by atoms with Crippen molar-refractivity contribution in [3.8, 4) is 11.4 Å². The van der Waals surface area contributed by atoms with Gasteiger partial charge in [-0.05, 0) is 24.6 Å². The predicted octanol–water partition coefficient (Wildman–Crippen LogP) is 2.67. The molecule has 0 N–H and O–H groups in total. The van der Waals surface area contributed by atoms with Gasteiger partial charge in [0.15, 0.2) is 0 Å². The second-order valence-corrected chi connectivity index (χ2v) is 4.09. The minimum Gasteiger partial charge on any atom is -0.465 e. The van der Waals surface area contributed by atoms with Gasteiger partial charge in [-0.25, -0.2) is 0 Å². The molecule has 2 rings (SSSR count). The summed E-state index contributed by atoms with van der Waals surface area (Å²) in [6, 6.07) is 5.53. The maximum absolute atomic E-state index is 11.5. The van der Waals surface area contributed by atoms with Crippen LogP contribution in [0.1, 0.15) is 12.5 Å². The van der Waals surface area contributed by atoms with Gasteiger partial charge in [0.25, 0.3) is 0 Å². The van der Waals surface area contributed by atoms with Gasteiger partial charge in [0, 0.05) is 18.3 Å². The highest BCUT2D eigenvalue weighted by molar-refractivity contribution is 6.17. The Bertz CT molecular complexity index is 572. The number of aromatic nitrogens is 3. The van der Waals surface area contributed by atoms with E-state index in [-0.39, 0.29) is 24.9 Å². The van der Waals surface area contributed by atoms with Crippen LogP contribution in [0.2, 0.25) is 0 Å². The fourth-order valence-electron chi connectivity index (χ4n) is 1.77. The Morgan fingerprint density at radius 2 is 2.20 bits per heavy atom. The zero-order valence-corrected chi connectivity index (χ0v) is 12.5. The molecule has 0 radical (unpaired) electrons. The Morgan fingerprint density at radius 3 is 2.90 bits per heavy atom. The molecule has 0 aromatic carbocycles. The molecule has 0 fully saturated rings. The Kier molecular flexibility index (Phi) is 6.48. The lowest BCUT2D eigenvalue weighted by molar-refractivity contribution is -0.144. The van der Waals surface area contributed by atoms with Crippen LogP contribution in [0.5, 0.6) is 0 Å². The normalized spacial score (nSPS) is 9.90. The average molecular weight is 316 g/mol. The van der Waals surface area contributed by atoms with Crippen LogP contribution in [0.25, 0.3) is 11.4 Å². The highest BCUT2D eigenvalue weighted by Gasteiger charge is 2.13. The van der Waals surface area contributed by atoms with Gasteiger partial charge in [-0.1, -0.05) is 6.07 Å². The van der Waals surface area contributed by atoms with Crippen LogP contribution in [-0.2, 0) is 22.0 Å². The van der Waals surface area contributed by atoms with Crippen molar-refractivity contribution in [1.29, 1.82) is 0 Å². The summed E-state index contributed by atoms with van der Waals surface area (Å²) in [5.74, 6) is 0.0316. The molecule has 0 spiro atoms. The van der Waals surface area contributed by atoms with E-state index >= 15 is 0 Å². The number of carbonyl (C=O) groups is 1. The Labute approximate surface area is 128 Å². The number of pyridine rings is 1. The summed E-state index contributed by atoms with van der Waals surface area (Å²) in [6.45, 7) is 2.19. The lowest BCUT2D eigenvalue weighted by atomic mass is 10.1. The number of nitrogens with zero attached hydrogens (tertiary/aromatic N) is 3. The number of hydrogen-bond donors (Lipinski definition) is 0. The van der Waals surface area contributed by atoms with Crippen molar-refractivity contribution in [3.63, 3.8) is 0 Å². The molecule has 2 heterocycles. The Balaban J connectivity index is 0.00000200. The number of hydrogen-bond acceptors (Lipinski definition) is 4. The molecular weight excluding hydrogens is 301 g/mol. The predicted molar refractivity (Wildman–Crippen MR) is 78.9 cm³/mol. The first kappa shape index (κ1) is 16.5. The number of esters is 1. The SMILES string of the molecule is CCOC(=O)Cn1nccc1-c1ncccc1CCl.Cl. The molecule has 0 unspecified atom stereocenters.